The number of Topliss-reactive ketones (excluding diaryl/α,β-unsaturated/α-hetero) is 1. The smallest absolute Gasteiger partial charge is 0.469 e. The normalized spacial score (nSPS) is 37.6. The van der Waals surface area contributed by atoms with Gasteiger partial charge < -0.3 is 39.6 Å². The molecule has 2 heterocycles. The van der Waals surface area contributed by atoms with E-state index in [0.29, 0.717) is 48.3 Å². The minimum Gasteiger partial charge on any atom is -0.469 e. The van der Waals surface area contributed by atoms with E-state index < -0.39 is 55.1 Å². The number of phosphoric ester groups is 1. The highest BCUT2D eigenvalue weighted by molar-refractivity contribution is 7.46. The summed E-state index contributed by atoms with van der Waals surface area (Å²) in [6, 6.07) is 7.13. The third-order valence-electron chi connectivity index (χ3n) is 11.7. The second-order valence-electron chi connectivity index (χ2n) is 14.2. The average molecular weight is 670 g/mol. The van der Waals surface area contributed by atoms with Crippen LogP contribution in [0.15, 0.2) is 58.7 Å². The number of aliphatic hydroxyl groups is 2. The lowest BCUT2D eigenvalue weighted by Gasteiger charge is -2.59. The molecule has 9 atom stereocenters. The van der Waals surface area contributed by atoms with Crippen molar-refractivity contribution in [3.05, 3.63) is 76.8 Å². The van der Waals surface area contributed by atoms with Crippen LogP contribution in [0.1, 0.15) is 68.3 Å². The molecule has 1 saturated heterocycles. The van der Waals surface area contributed by atoms with Crippen LogP contribution in [0.25, 0.3) is 0 Å². The summed E-state index contributed by atoms with van der Waals surface area (Å²) < 4.78 is 35.4. The molecule has 7 rings (SSSR count). The minimum atomic E-state index is -4.98. The van der Waals surface area contributed by atoms with Crippen LogP contribution in [0.3, 0.4) is 0 Å². The maximum Gasteiger partial charge on any atom is 0.470 e. The number of ketones is 2. The van der Waals surface area contributed by atoms with E-state index in [2.05, 4.69) is 6.92 Å². The summed E-state index contributed by atoms with van der Waals surface area (Å²) in [5.41, 5.74) is 6.39. The topological polar surface area (TPSA) is 199 Å². The number of benzene rings is 1. The Morgan fingerprint density at radius 2 is 2.00 bits per heavy atom. The predicted octanol–water partition coefficient (Wildman–Crippen LogP) is 3.66. The molecule has 0 amide bonds. The van der Waals surface area contributed by atoms with E-state index in [-0.39, 0.29) is 36.6 Å². The van der Waals surface area contributed by atoms with Crippen molar-refractivity contribution < 1.29 is 52.6 Å². The predicted molar refractivity (Wildman–Crippen MR) is 166 cm³/mol. The summed E-state index contributed by atoms with van der Waals surface area (Å²) in [5.74, 6) is -0.484. The lowest BCUT2D eigenvalue weighted by atomic mass is 9.46. The summed E-state index contributed by atoms with van der Waals surface area (Å²) in [7, 11) is -4.98. The molecular formula is C34H40NO11P. The molecule has 1 aromatic heterocycles. The van der Waals surface area contributed by atoms with Crippen LogP contribution in [-0.2, 0) is 41.2 Å². The molecule has 47 heavy (non-hydrogen) atoms. The van der Waals surface area contributed by atoms with Gasteiger partial charge in [0, 0.05) is 40.0 Å². The van der Waals surface area contributed by atoms with Crippen molar-refractivity contribution in [2.75, 3.05) is 12.3 Å². The Hall–Kier alpha value is -2.93. The van der Waals surface area contributed by atoms with Crippen molar-refractivity contribution in [1.29, 1.82) is 0 Å². The number of hydrogen-bond acceptors (Lipinski definition) is 10. The Morgan fingerprint density at radius 1 is 1.21 bits per heavy atom. The van der Waals surface area contributed by atoms with E-state index in [1.54, 1.807) is 30.4 Å². The third-order valence-corrected chi connectivity index (χ3v) is 12.2. The Labute approximate surface area is 271 Å². The van der Waals surface area contributed by atoms with Gasteiger partial charge in [0.25, 0.3) is 0 Å². The number of nitrogen functional groups attached to an aromatic ring is 1. The first-order chi connectivity index (χ1) is 22.2. The van der Waals surface area contributed by atoms with Crippen molar-refractivity contribution in [2.45, 2.75) is 76.7 Å². The van der Waals surface area contributed by atoms with Gasteiger partial charge in [-0.25, -0.2) is 4.57 Å². The van der Waals surface area contributed by atoms with Gasteiger partial charge in [0.1, 0.15) is 12.4 Å². The number of carbonyl (C=O) groups excluding carboxylic acids is 2. The molecular weight excluding hydrogens is 629 g/mol. The first kappa shape index (κ1) is 32.6. The summed E-state index contributed by atoms with van der Waals surface area (Å²) in [6.07, 6.45) is 6.39. The number of furan rings is 1. The fraction of sp³-hybridized carbons (Fsp3) is 0.529. The number of anilines is 1. The molecule has 5 aliphatic rings. The second-order valence-corrected chi connectivity index (χ2v) is 15.4. The summed E-state index contributed by atoms with van der Waals surface area (Å²) >= 11 is 0. The molecule has 0 unspecified atom stereocenters. The highest BCUT2D eigenvalue weighted by atomic mass is 31.2. The number of rotatable bonds is 8. The zero-order valence-electron chi connectivity index (χ0n) is 26.2. The van der Waals surface area contributed by atoms with Gasteiger partial charge in [0.05, 0.1) is 25.1 Å². The summed E-state index contributed by atoms with van der Waals surface area (Å²) in [5, 5.41) is 21.3. The van der Waals surface area contributed by atoms with Crippen LogP contribution < -0.4 is 5.73 Å². The van der Waals surface area contributed by atoms with Gasteiger partial charge in [-0.1, -0.05) is 37.6 Å². The van der Waals surface area contributed by atoms with E-state index in [1.807, 2.05) is 19.1 Å². The molecule has 2 aromatic rings. The van der Waals surface area contributed by atoms with Crippen LogP contribution in [0.4, 0.5) is 5.69 Å². The highest BCUT2D eigenvalue weighted by Crippen LogP contribution is 2.70. The third kappa shape index (κ3) is 5.12. The number of allylic oxidation sites excluding steroid dienone is 4. The molecule has 0 spiro atoms. The Bertz CT molecular complexity index is 1730. The number of nitrogens with two attached hydrogens (primary N) is 1. The summed E-state index contributed by atoms with van der Waals surface area (Å²) in [4.78, 5) is 45.3. The lowest BCUT2D eigenvalue weighted by Crippen LogP contribution is -2.63. The molecule has 252 valence electrons. The molecule has 1 aliphatic heterocycles. The van der Waals surface area contributed by atoms with Crippen molar-refractivity contribution in [2.24, 2.45) is 28.6 Å². The van der Waals surface area contributed by atoms with Gasteiger partial charge in [0.2, 0.25) is 0 Å². The Kier molecular flexibility index (Phi) is 7.85. The van der Waals surface area contributed by atoms with E-state index in [4.69, 9.17) is 24.1 Å². The average Bonchev–Trinajstić information content (AvgIpc) is 3.68. The molecule has 3 saturated carbocycles. The monoisotopic (exact) mass is 669 g/mol. The van der Waals surface area contributed by atoms with E-state index in [9.17, 15) is 34.2 Å². The zero-order valence-corrected chi connectivity index (χ0v) is 27.1. The Balaban J connectivity index is 1.20. The first-order valence-electron chi connectivity index (χ1n) is 15.9. The molecule has 13 heteroatoms. The number of ether oxygens (including phenoxy) is 2. The van der Waals surface area contributed by atoms with Gasteiger partial charge in [-0.2, -0.15) is 0 Å². The van der Waals surface area contributed by atoms with Crippen LogP contribution in [0.2, 0.25) is 0 Å². The number of aliphatic hydroxyl groups excluding tert-OH is 2. The van der Waals surface area contributed by atoms with Crippen LogP contribution in [0, 0.1) is 28.6 Å². The molecule has 12 nitrogen and oxygen atoms in total. The molecule has 4 aliphatic carbocycles. The maximum absolute atomic E-state index is 14.2. The quantitative estimate of drug-likeness (QED) is 0.202. The van der Waals surface area contributed by atoms with Crippen molar-refractivity contribution >= 4 is 25.1 Å². The Morgan fingerprint density at radius 3 is 2.72 bits per heavy atom. The lowest BCUT2D eigenvalue weighted by molar-refractivity contribution is -0.201. The van der Waals surface area contributed by atoms with E-state index >= 15 is 0 Å². The number of carbonyl (C=O) groups is 2. The second kappa shape index (κ2) is 11.3. The van der Waals surface area contributed by atoms with Crippen molar-refractivity contribution in [3.8, 4) is 0 Å². The van der Waals surface area contributed by atoms with Gasteiger partial charge in [-0.3, -0.25) is 14.1 Å². The number of fused-ring (bicyclic) bond motifs is 7. The van der Waals surface area contributed by atoms with Gasteiger partial charge in [-0.15, -0.1) is 0 Å². The van der Waals surface area contributed by atoms with Crippen LogP contribution >= 0.6 is 7.82 Å². The molecule has 4 fully saturated rings. The van der Waals surface area contributed by atoms with Gasteiger partial charge in [-0.05, 0) is 67.4 Å². The maximum atomic E-state index is 14.2. The molecule has 0 radical (unpaired) electrons. The van der Waals surface area contributed by atoms with Gasteiger partial charge >= 0.3 is 7.82 Å². The first-order valence-corrected chi connectivity index (χ1v) is 17.5. The van der Waals surface area contributed by atoms with E-state index in [1.165, 1.54) is 6.26 Å². The molecule has 0 bridgehead atoms. The van der Waals surface area contributed by atoms with Crippen molar-refractivity contribution in [1.82, 2.24) is 0 Å². The molecule has 1 aromatic carbocycles. The fourth-order valence-corrected chi connectivity index (χ4v) is 9.97. The standard InChI is InChI=1S/C34H40NO11P/c1-32-8-7-22(37)12-21(32)5-6-24-25-13-29-34(28(39)17-44-47(40,41)42,33(25,2)14-27(38)30(24)32)46-31(45-29)20-11-23(43-16-20)9-18-3-4-19(15-36)26(35)10-18/h3-4,7-8,10-12,16,24-25,27,29-31,36,38H,5-6,9,13-15,17,35H2,1-2H3,(H2,40,41,42)/t24-,25-,27-,29+,30+,31+,32-,33-,34+/m0/s1. The minimum absolute atomic E-state index is 0.0300. The van der Waals surface area contributed by atoms with Gasteiger partial charge in [0.15, 0.2) is 23.5 Å². The largest absolute Gasteiger partial charge is 0.470 e. The fourth-order valence-electron chi connectivity index (χ4n) is 9.68. The number of phosphoric acid groups is 1. The van der Waals surface area contributed by atoms with Crippen molar-refractivity contribution in [3.63, 3.8) is 0 Å². The van der Waals surface area contributed by atoms with Crippen LogP contribution in [-0.4, -0.2) is 56.0 Å². The number of hydrogen-bond donors (Lipinski definition) is 5. The zero-order chi connectivity index (χ0) is 33.5. The highest BCUT2D eigenvalue weighted by Gasteiger charge is 2.76. The SMILES string of the molecule is C[C@]12C=CC(=O)C=C1CC[C@@H]1[C@@H]2[C@@H](O)C[C@@]2(C)[C@H]1C[C@H]1O[C@@H](c3coc(Cc4ccc(CO)c(N)c4)c3)O[C@]12C(=O)COP(=O)(O)O. The summed E-state index contributed by atoms with van der Waals surface area (Å²) in [6.45, 7) is 2.92. The molecule has 6 N–H and O–H groups in total. The van der Waals surface area contributed by atoms with Crippen LogP contribution in [0.5, 0.6) is 0 Å². The van der Waals surface area contributed by atoms with E-state index in [0.717, 1.165) is 11.1 Å².